The second kappa shape index (κ2) is 4.21. The summed E-state index contributed by atoms with van der Waals surface area (Å²) in [6, 6.07) is -0.0359. The second-order valence-electron chi connectivity index (χ2n) is 4.49. The fourth-order valence-corrected chi connectivity index (χ4v) is 2.79. The lowest BCUT2D eigenvalue weighted by Gasteiger charge is -2.35. The first-order valence-corrected chi connectivity index (χ1v) is 5.72. The Labute approximate surface area is 89.3 Å². The zero-order valence-electron chi connectivity index (χ0n) is 8.82. The van der Waals surface area contributed by atoms with Crippen molar-refractivity contribution in [1.29, 1.82) is 0 Å². The molecule has 84 valence electrons. The van der Waals surface area contributed by atoms with Crippen LogP contribution in [0.5, 0.6) is 0 Å². The van der Waals surface area contributed by atoms with Crippen molar-refractivity contribution < 1.29 is 14.7 Å². The van der Waals surface area contributed by atoms with Crippen LogP contribution < -0.4 is 0 Å². The molecule has 2 fully saturated rings. The number of carbonyl (C=O) groups is 2. The van der Waals surface area contributed by atoms with Crippen LogP contribution in [0.3, 0.4) is 0 Å². The van der Waals surface area contributed by atoms with E-state index >= 15 is 0 Å². The summed E-state index contributed by atoms with van der Waals surface area (Å²) in [5.41, 5.74) is 0. The van der Waals surface area contributed by atoms with Crippen molar-refractivity contribution in [3.63, 3.8) is 0 Å². The summed E-state index contributed by atoms with van der Waals surface area (Å²) in [5.74, 6) is -0.923. The highest BCUT2D eigenvalue weighted by Crippen LogP contribution is 2.31. The number of carboxylic acid groups (broad SMARTS) is 1. The molecule has 0 spiro atoms. The fraction of sp³-hybridized carbons (Fsp3) is 0.818. The smallest absolute Gasteiger partial charge is 0.308 e. The highest BCUT2D eigenvalue weighted by Gasteiger charge is 2.38. The third-order valence-corrected chi connectivity index (χ3v) is 3.56. The average molecular weight is 211 g/mol. The maximum atomic E-state index is 11.6. The Hall–Kier alpha value is -1.06. The summed E-state index contributed by atoms with van der Waals surface area (Å²) in [6.07, 6.45) is 5.12. The number of amides is 1. The van der Waals surface area contributed by atoms with Crippen LogP contribution in [0.15, 0.2) is 0 Å². The van der Waals surface area contributed by atoms with Crippen LogP contribution in [-0.4, -0.2) is 34.5 Å². The Bertz CT molecular complexity index is 275. The normalized spacial score (nSPS) is 32.0. The number of aliphatic carboxylic acids is 1. The van der Waals surface area contributed by atoms with Gasteiger partial charge in [0, 0.05) is 19.0 Å². The van der Waals surface area contributed by atoms with E-state index < -0.39 is 5.97 Å². The molecule has 0 aromatic carbocycles. The van der Waals surface area contributed by atoms with Gasteiger partial charge in [-0.15, -0.1) is 0 Å². The number of hydrogen-bond acceptors (Lipinski definition) is 2. The summed E-state index contributed by atoms with van der Waals surface area (Å²) in [6.45, 7) is 0.757. The van der Waals surface area contributed by atoms with E-state index in [0.29, 0.717) is 6.42 Å². The summed E-state index contributed by atoms with van der Waals surface area (Å²) in [7, 11) is 0. The van der Waals surface area contributed by atoms with Crippen molar-refractivity contribution in [1.82, 2.24) is 4.90 Å². The van der Waals surface area contributed by atoms with Crippen LogP contribution in [0.25, 0.3) is 0 Å². The SMILES string of the molecule is O=C(O)[C@@H]1CCCC[C@@H]1N1CCCC1=O. The molecule has 0 bridgehead atoms. The number of rotatable bonds is 2. The number of hydrogen-bond donors (Lipinski definition) is 1. The molecule has 2 atom stereocenters. The van der Waals surface area contributed by atoms with Gasteiger partial charge >= 0.3 is 5.97 Å². The molecule has 15 heavy (non-hydrogen) atoms. The molecule has 1 saturated carbocycles. The molecule has 1 heterocycles. The molecule has 4 nitrogen and oxygen atoms in total. The van der Waals surface area contributed by atoms with E-state index in [-0.39, 0.29) is 17.9 Å². The molecule has 2 aliphatic rings. The molecular weight excluding hydrogens is 194 g/mol. The molecular formula is C11H17NO3. The van der Waals surface area contributed by atoms with Crippen molar-refractivity contribution in [3.8, 4) is 0 Å². The maximum Gasteiger partial charge on any atom is 0.308 e. The molecule has 1 aliphatic carbocycles. The minimum Gasteiger partial charge on any atom is -0.481 e. The number of nitrogens with zero attached hydrogens (tertiary/aromatic N) is 1. The number of likely N-dealkylation sites (tertiary alicyclic amines) is 1. The quantitative estimate of drug-likeness (QED) is 0.748. The van der Waals surface area contributed by atoms with E-state index in [1.54, 1.807) is 4.90 Å². The van der Waals surface area contributed by atoms with Crippen LogP contribution in [0.1, 0.15) is 38.5 Å². The van der Waals surface area contributed by atoms with Gasteiger partial charge in [0.2, 0.25) is 5.91 Å². The van der Waals surface area contributed by atoms with E-state index in [1.807, 2.05) is 0 Å². The second-order valence-corrected chi connectivity index (χ2v) is 4.49. The molecule has 0 aromatic rings. The molecule has 0 radical (unpaired) electrons. The van der Waals surface area contributed by atoms with Crippen molar-refractivity contribution in [2.24, 2.45) is 5.92 Å². The predicted molar refractivity (Wildman–Crippen MR) is 54.3 cm³/mol. The van der Waals surface area contributed by atoms with Crippen molar-refractivity contribution in [2.75, 3.05) is 6.54 Å². The van der Waals surface area contributed by atoms with Crippen molar-refractivity contribution in [3.05, 3.63) is 0 Å². The monoisotopic (exact) mass is 211 g/mol. The first kappa shape index (κ1) is 10.5. The van der Waals surface area contributed by atoms with Gasteiger partial charge in [0.1, 0.15) is 0 Å². The molecule has 4 heteroatoms. The first-order chi connectivity index (χ1) is 7.20. The summed E-state index contributed by atoms with van der Waals surface area (Å²) >= 11 is 0. The summed E-state index contributed by atoms with van der Waals surface area (Å²) in [5, 5.41) is 9.12. The molecule has 0 unspecified atom stereocenters. The zero-order chi connectivity index (χ0) is 10.8. The largest absolute Gasteiger partial charge is 0.481 e. The first-order valence-electron chi connectivity index (χ1n) is 5.72. The van der Waals surface area contributed by atoms with Gasteiger partial charge in [-0.05, 0) is 19.3 Å². The maximum absolute atomic E-state index is 11.6. The lowest BCUT2D eigenvalue weighted by atomic mass is 9.83. The van der Waals surface area contributed by atoms with E-state index in [1.165, 1.54) is 0 Å². The van der Waals surface area contributed by atoms with Gasteiger partial charge in [-0.2, -0.15) is 0 Å². The van der Waals surface area contributed by atoms with Crippen LogP contribution in [-0.2, 0) is 9.59 Å². The van der Waals surface area contributed by atoms with E-state index in [0.717, 1.165) is 38.6 Å². The standard InChI is InChI=1S/C11H17NO3/c13-10-6-3-7-12(10)9-5-2-1-4-8(9)11(14)15/h8-9H,1-7H2,(H,14,15)/t8-,9+/m1/s1. The average Bonchev–Trinajstić information content (AvgIpc) is 2.64. The lowest BCUT2D eigenvalue weighted by Crippen LogP contribution is -2.45. The predicted octanol–water partition coefficient (Wildman–Crippen LogP) is 1.25. The lowest BCUT2D eigenvalue weighted by molar-refractivity contribution is -0.147. The van der Waals surface area contributed by atoms with Gasteiger partial charge in [-0.1, -0.05) is 12.8 Å². The van der Waals surface area contributed by atoms with Crippen molar-refractivity contribution >= 4 is 11.9 Å². The zero-order valence-corrected chi connectivity index (χ0v) is 8.82. The molecule has 1 saturated heterocycles. The molecule has 1 N–H and O–H groups in total. The Kier molecular flexibility index (Phi) is 2.93. The topological polar surface area (TPSA) is 57.6 Å². The summed E-state index contributed by atoms with van der Waals surface area (Å²) in [4.78, 5) is 24.5. The van der Waals surface area contributed by atoms with Crippen LogP contribution >= 0.6 is 0 Å². The minimum absolute atomic E-state index is 0.0359. The van der Waals surface area contributed by atoms with Gasteiger partial charge in [-0.25, -0.2) is 0 Å². The molecule has 1 amide bonds. The van der Waals surface area contributed by atoms with Gasteiger partial charge in [0.25, 0.3) is 0 Å². The third kappa shape index (κ3) is 1.98. The number of carboxylic acids is 1. The van der Waals surface area contributed by atoms with Crippen LogP contribution in [0.2, 0.25) is 0 Å². The van der Waals surface area contributed by atoms with E-state index in [2.05, 4.69) is 0 Å². The van der Waals surface area contributed by atoms with Gasteiger partial charge < -0.3 is 10.0 Å². The molecule has 0 aromatic heterocycles. The molecule has 2 rings (SSSR count). The Morgan fingerprint density at radius 2 is 2.00 bits per heavy atom. The highest BCUT2D eigenvalue weighted by molar-refractivity contribution is 5.80. The molecule has 1 aliphatic heterocycles. The third-order valence-electron chi connectivity index (χ3n) is 3.56. The minimum atomic E-state index is -0.737. The Morgan fingerprint density at radius 3 is 2.60 bits per heavy atom. The van der Waals surface area contributed by atoms with Gasteiger partial charge in [0.15, 0.2) is 0 Å². The van der Waals surface area contributed by atoms with Crippen molar-refractivity contribution in [2.45, 2.75) is 44.6 Å². The van der Waals surface area contributed by atoms with E-state index in [4.69, 9.17) is 5.11 Å². The van der Waals surface area contributed by atoms with Crippen LogP contribution in [0.4, 0.5) is 0 Å². The Balaban J connectivity index is 2.10. The Morgan fingerprint density at radius 1 is 1.27 bits per heavy atom. The van der Waals surface area contributed by atoms with Gasteiger partial charge in [0.05, 0.1) is 5.92 Å². The van der Waals surface area contributed by atoms with Crippen LogP contribution in [0, 0.1) is 5.92 Å². The van der Waals surface area contributed by atoms with E-state index in [9.17, 15) is 9.59 Å². The fourth-order valence-electron chi connectivity index (χ4n) is 2.79. The number of carbonyl (C=O) groups excluding carboxylic acids is 1. The van der Waals surface area contributed by atoms with Gasteiger partial charge in [-0.3, -0.25) is 9.59 Å². The highest BCUT2D eigenvalue weighted by atomic mass is 16.4. The summed E-state index contributed by atoms with van der Waals surface area (Å²) < 4.78 is 0.